The van der Waals surface area contributed by atoms with Crippen molar-refractivity contribution in [1.82, 2.24) is 9.80 Å². The zero-order valence-electron chi connectivity index (χ0n) is 16.6. The van der Waals surface area contributed by atoms with Gasteiger partial charge in [0.05, 0.1) is 6.61 Å². The lowest BCUT2D eigenvalue weighted by Gasteiger charge is -2.35. The monoisotopic (exact) mass is 363 g/mol. The van der Waals surface area contributed by atoms with Crippen LogP contribution in [0.25, 0.3) is 0 Å². The van der Waals surface area contributed by atoms with E-state index >= 15 is 0 Å². The standard InChI is InChI=1S/C20H33N3O3/c1-20(2,3)18-15(9-17(26-18)19(21)24)12-22-10-14-5-6-16(13-22)23(11-14)7-8-25-4/h9,14,16H,5-8,10-13H2,1-4H3,(H2,21,24)/t14-,16+/m0/s1. The summed E-state index contributed by atoms with van der Waals surface area (Å²) in [6.45, 7) is 12.3. The zero-order valence-corrected chi connectivity index (χ0v) is 16.6. The number of amides is 1. The third-order valence-corrected chi connectivity index (χ3v) is 5.61. The van der Waals surface area contributed by atoms with Gasteiger partial charge < -0.3 is 14.9 Å². The van der Waals surface area contributed by atoms with E-state index in [1.165, 1.54) is 12.8 Å². The Labute approximate surface area is 156 Å². The van der Waals surface area contributed by atoms with Gasteiger partial charge in [-0.25, -0.2) is 0 Å². The predicted molar refractivity (Wildman–Crippen MR) is 101 cm³/mol. The van der Waals surface area contributed by atoms with Gasteiger partial charge in [0.2, 0.25) is 0 Å². The summed E-state index contributed by atoms with van der Waals surface area (Å²) in [6.07, 6.45) is 2.56. The second kappa shape index (κ2) is 7.71. The topological polar surface area (TPSA) is 71.9 Å². The van der Waals surface area contributed by atoms with E-state index < -0.39 is 5.91 Å². The molecule has 4 rings (SSSR count). The first-order chi connectivity index (χ1) is 12.3. The Bertz CT molecular complexity index is 635. The largest absolute Gasteiger partial charge is 0.455 e. The molecule has 3 aliphatic rings. The van der Waals surface area contributed by atoms with Crippen molar-refractivity contribution in [3.63, 3.8) is 0 Å². The van der Waals surface area contributed by atoms with Gasteiger partial charge in [0.15, 0.2) is 5.76 Å². The molecule has 146 valence electrons. The van der Waals surface area contributed by atoms with E-state index in [1.54, 1.807) is 7.11 Å². The summed E-state index contributed by atoms with van der Waals surface area (Å²) in [5.41, 5.74) is 6.39. The predicted octanol–water partition coefficient (Wildman–Crippen LogP) is 2.22. The Morgan fingerprint density at radius 2 is 2.08 bits per heavy atom. The number of carbonyl (C=O) groups excluding carboxylic acids is 1. The number of primary amides is 1. The normalized spacial score (nSPS) is 24.8. The zero-order chi connectivity index (χ0) is 18.9. The molecule has 0 aromatic carbocycles. The van der Waals surface area contributed by atoms with E-state index in [9.17, 15) is 4.79 Å². The second-order valence-electron chi connectivity index (χ2n) is 8.86. The molecule has 2 N–H and O–H groups in total. The van der Waals surface area contributed by atoms with Gasteiger partial charge in [-0.1, -0.05) is 20.8 Å². The fourth-order valence-electron chi connectivity index (χ4n) is 4.43. The van der Waals surface area contributed by atoms with Crippen molar-refractivity contribution in [3.8, 4) is 0 Å². The van der Waals surface area contributed by atoms with Crippen molar-refractivity contribution in [2.45, 2.75) is 51.6 Å². The molecule has 0 saturated carbocycles. The molecule has 3 saturated heterocycles. The van der Waals surface area contributed by atoms with Crippen molar-refractivity contribution < 1.29 is 13.9 Å². The first-order valence-corrected chi connectivity index (χ1v) is 9.66. The summed E-state index contributed by atoms with van der Waals surface area (Å²) in [5.74, 6) is 1.35. The molecule has 6 nitrogen and oxygen atoms in total. The van der Waals surface area contributed by atoms with Crippen LogP contribution in [-0.2, 0) is 16.7 Å². The van der Waals surface area contributed by atoms with Crippen molar-refractivity contribution in [2.24, 2.45) is 11.7 Å². The maximum atomic E-state index is 11.6. The van der Waals surface area contributed by atoms with Gasteiger partial charge in [0.1, 0.15) is 5.76 Å². The Morgan fingerprint density at radius 1 is 1.31 bits per heavy atom. The maximum absolute atomic E-state index is 11.6. The quantitative estimate of drug-likeness (QED) is 0.839. The molecular weight excluding hydrogens is 330 g/mol. The second-order valence-corrected chi connectivity index (χ2v) is 8.86. The smallest absolute Gasteiger partial charge is 0.284 e. The Morgan fingerprint density at radius 3 is 2.73 bits per heavy atom. The maximum Gasteiger partial charge on any atom is 0.284 e. The highest BCUT2D eigenvalue weighted by Gasteiger charge is 2.35. The number of methoxy groups -OCH3 is 1. The molecule has 3 aliphatic heterocycles. The minimum Gasteiger partial charge on any atom is -0.455 e. The van der Waals surface area contributed by atoms with Crippen LogP contribution in [0.4, 0.5) is 0 Å². The molecule has 4 heterocycles. The molecule has 26 heavy (non-hydrogen) atoms. The number of nitrogens with two attached hydrogens (primary N) is 1. The van der Waals surface area contributed by atoms with Crippen LogP contribution >= 0.6 is 0 Å². The van der Waals surface area contributed by atoms with Gasteiger partial charge in [-0.2, -0.15) is 0 Å². The van der Waals surface area contributed by atoms with E-state index in [1.807, 2.05) is 6.07 Å². The van der Waals surface area contributed by atoms with E-state index in [4.69, 9.17) is 14.9 Å². The summed E-state index contributed by atoms with van der Waals surface area (Å²) in [7, 11) is 1.77. The summed E-state index contributed by atoms with van der Waals surface area (Å²) >= 11 is 0. The number of piperidine rings is 1. The third kappa shape index (κ3) is 4.30. The fraction of sp³-hybridized carbons (Fsp3) is 0.750. The van der Waals surface area contributed by atoms with E-state index in [0.717, 1.165) is 50.7 Å². The first kappa shape index (κ1) is 19.4. The molecule has 1 aromatic rings. The number of furan rings is 1. The molecule has 1 amide bonds. The van der Waals surface area contributed by atoms with Gasteiger partial charge in [-0.15, -0.1) is 0 Å². The summed E-state index contributed by atoms with van der Waals surface area (Å²) < 4.78 is 11.1. The molecule has 1 aromatic heterocycles. The molecule has 2 atom stereocenters. The van der Waals surface area contributed by atoms with Crippen molar-refractivity contribution in [3.05, 3.63) is 23.2 Å². The number of rotatable bonds is 6. The van der Waals surface area contributed by atoms with Crippen LogP contribution in [0.2, 0.25) is 0 Å². The van der Waals surface area contributed by atoms with Gasteiger partial charge in [0, 0.05) is 56.9 Å². The summed E-state index contributed by atoms with van der Waals surface area (Å²) in [4.78, 5) is 16.7. The highest BCUT2D eigenvalue weighted by molar-refractivity contribution is 5.90. The average molecular weight is 364 g/mol. The van der Waals surface area contributed by atoms with Crippen molar-refractivity contribution in [2.75, 3.05) is 39.9 Å². The summed E-state index contributed by atoms with van der Waals surface area (Å²) in [5, 5.41) is 0. The fourth-order valence-corrected chi connectivity index (χ4v) is 4.43. The number of ether oxygens (including phenoxy) is 1. The average Bonchev–Trinajstić information content (AvgIpc) is 2.81. The lowest BCUT2D eigenvalue weighted by atomic mass is 9.90. The Hall–Kier alpha value is -1.37. The van der Waals surface area contributed by atoms with Crippen LogP contribution in [0.5, 0.6) is 0 Å². The first-order valence-electron chi connectivity index (χ1n) is 9.66. The lowest BCUT2D eigenvalue weighted by molar-refractivity contribution is 0.0867. The van der Waals surface area contributed by atoms with Crippen LogP contribution in [0.1, 0.15) is 55.5 Å². The van der Waals surface area contributed by atoms with E-state index in [0.29, 0.717) is 12.0 Å². The minimum absolute atomic E-state index is 0.154. The number of hydrogen-bond donors (Lipinski definition) is 1. The van der Waals surface area contributed by atoms with Gasteiger partial charge in [0.25, 0.3) is 5.91 Å². The number of hydrogen-bond acceptors (Lipinski definition) is 5. The third-order valence-electron chi connectivity index (χ3n) is 5.61. The minimum atomic E-state index is -0.497. The van der Waals surface area contributed by atoms with Crippen LogP contribution in [0.15, 0.2) is 10.5 Å². The SMILES string of the molecule is COCCN1C[C@H]2CC[C@@H]1CN(Cc1cc(C(N)=O)oc1C(C)(C)C)C2. The number of nitrogens with zero attached hydrogens (tertiary/aromatic N) is 2. The molecule has 0 unspecified atom stereocenters. The van der Waals surface area contributed by atoms with Crippen molar-refractivity contribution >= 4 is 5.91 Å². The van der Waals surface area contributed by atoms with Crippen LogP contribution in [-0.4, -0.2) is 61.6 Å². The van der Waals surface area contributed by atoms with Gasteiger partial charge in [-0.3, -0.25) is 14.6 Å². The van der Waals surface area contributed by atoms with Gasteiger partial charge >= 0.3 is 0 Å². The van der Waals surface area contributed by atoms with Crippen LogP contribution in [0.3, 0.4) is 0 Å². The molecule has 3 fully saturated rings. The molecular formula is C20H33N3O3. The molecule has 0 radical (unpaired) electrons. The molecule has 6 heteroatoms. The lowest BCUT2D eigenvalue weighted by Crippen LogP contribution is -2.45. The highest BCUT2D eigenvalue weighted by Crippen LogP contribution is 2.32. The molecule has 0 spiro atoms. The Kier molecular flexibility index (Phi) is 5.75. The number of carbonyl (C=O) groups is 1. The highest BCUT2D eigenvalue weighted by atomic mass is 16.5. The molecule has 0 aliphatic carbocycles. The molecule has 2 bridgehead atoms. The number of fused-ring (bicyclic) bond motifs is 4. The Balaban J connectivity index is 1.76. The van der Waals surface area contributed by atoms with Crippen LogP contribution < -0.4 is 5.73 Å². The van der Waals surface area contributed by atoms with Gasteiger partial charge in [-0.05, 0) is 24.8 Å². The van der Waals surface area contributed by atoms with E-state index in [2.05, 4.69) is 30.6 Å². The van der Waals surface area contributed by atoms with Crippen molar-refractivity contribution in [1.29, 1.82) is 0 Å². The van der Waals surface area contributed by atoms with E-state index in [-0.39, 0.29) is 11.2 Å². The van der Waals surface area contributed by atoms with Crippen LogP contribution in [0, 0.1) is 5.92 Å². The summed E-state index contributed by atoms with van der Waals surface area (Å²) in [6, 6.07) is 2.43.